The van der Waals surface area contributed by atoms with Crippen molar-refractivity contribution in [3.8, 4) is 0 Å². The molecule has 104 valence electrons. The summed E-state index contributed by atoms with van der Waals surface area (Å²) in [4.78, 5) is 13.5. The quantitative estimate of drug-likeness (QED) is 0.835. The molecule has 2 aliphatic heterocycles. The number of halogens is 1. The van der Waals surface area contributed by atoms with E-state index >= 15 is 0 Å². The smallest absolute Gasteiger partial charge is 0.225 e. The Morgan fingerprint density at radius 1 is 1.05 bits per heavy atom. The van der Waals surface area contributed by atoms with Crippen molar-refractivity contribution in [2.24, 2.45) is 0 Å². The van der Waals surface area contributed by atoms with Crippen molar-refractivity contribution in [3.63, 3.8) is 0 Å². The van der Waals surface area contributed by atoms with Gasteiger partial charge in [0.2, 0.25) is 5.95 Å². The SMILES string of the molecule is Clc1cnc(N2CCC(N3CCSCC3)CC2)nc1. The van der Waals surface area contributed by atoms with Crippen LogP contribution >= 0.6 is 23.4 Å². The predicted molar refractivity (Wildman–Crippen MR) is 81.2 cm³/mol. The topological polar surface area (TPSA) is 32.3 Å². The van der Waals surface area contributed by atoms with Crippen LogP contribution in [0.15, 0.2) is 12.4 Å². The summed E-state index contributed by atoms with van der Waals surface area (Å²) in [5.74, 6) is 3.40. The Balaban J connectivity index is 1.55. The molecule has 0 bridgehead atoms. The molecule has 1 aromatic rings. The van der Waals surface area contributed by atoms with E-state index in [2.05, 4.69) is 31.5 Å². The highest BCUT2D eigenvalue weighted by molar-refractivity contribution is 7.99. The molecule has 3 rings (SSSR count). The lowest BCUT2D eigenvalue weighted by Crippen LogP contribution is -2.48. The average molecular weight is 299 g/mol. The molecule has 0 unspecified atom stereocenters. The first-order valence-electron chi connectivity index (χ1n) is 6.87. The standard InChI is InChI=1S/C13H19ClN4S/c14-11-9-15-13(16-10-11)18-3-1-12(2-4-18)17-5-7-19-8-6-17/h9-10,12H,1-8H2. The second-order valence-corrected chi connectivity index (χ2v) is 6.73. The zero-order valence-electron chi connectivity index (χ0n) is 11.0. The Morgan fingerprint density at radius 2 is 1.68 bits per heavy atom. The maximum absolute atomic E-state index is 5.82. The predicted octanol–water partition coefficient (Wildman–Crippen LogP) is 2.15. The van der Waals surface area contributed by atoms with E-state index < -0.39 is 0 Å². The molecule has 2 fully saturated rings. The van der Waals surface area contributed by atoms with Crippen LogP contribution in [0.4, 0.5) is 5.95 Å². The molecule has 0 saturated carbocycles. The lowest BCUT2D eigenvalue weighted by Gasteiger charge is -2.40. The molecule has 0 amide bonds. The number of anilines is 1. The zero-order chi connectivity index (χ0) is 13.1. The second-order valence-electron chi connectivity index (χ2n) is 5.07. The average Bonchev–Trinajstić information content (AvgIpc) is 2.49. The van der Waals surface area contributed by atoms with Crippen molar-refractivity contribution in [1.82, 2.24) is 14.9 Å². The van der Waals surface area contributed by atoms with Crippen molar-refractivity contribution < 1.29 is 0 Å². The number of aromatic nitrogens is 2. The fourth-order valence-electron chi connectivity index (χ4n) is 2.84. The molecule has 19 heavy (non-hydrogen) atoms. The first-order chi connectivity index (χ1) is 9.33. The molecule has 0 radical (unpaired) electrons. The van der Waals surface area contributed by atoms with Crippen LogP contribution in [0.3, 0.4) is 0 Å². The maximum atomic E-state index is 5.82. The number of nitrogens with zero attached hydrogens (tertiary/aromatic N) is 4. The lowest BCUT2D eigenvalue weighted by atomic mass is 10.0. The van der Waals surface area contributed by atoms with Gasteiger partial charge in [-0.25, -0.2) is 9.97 Å². The van der Waals surface area contributed by atoms with Crippen LogP contribution in [-0.2, 0) is 0 Å². The highest BCUT2D eigenvalue weighted by Crippen LogP contribution is 2.22. The minimum atomic E-state index is 0.601. The number of piperidine rings is 1. The van der Waals surface area contributed by atoms with Crippen molar-refractivity contribution in [1.29, 1.82) is 0 Å². The molecule has 2 saturated heterocycles. The van der Waals surface area contributed by atoms with Crippen LogP contribution in [-0.4, -0.2) is 58.6 Å². The largest absolute Gasteiger partial charge is 0.341 e. The van der Waals surface area contributed by atoms with Crippen LogP contribution < -0.4 is 4.90 Å². The Labute approximate surface area is 123 Å². The van der Waals surface area contributed by atoms with Crippen molar-refractivity contribution in [3.05, 3.63) is 17.4 Å². The van der Waals surface area contributed by atoms with Gasteiger partial charge >= 0.3 is 0 Å². The van der Waals surface area contributed by atoms with Crippen LogP contribution in [0.5, 0.6) is 0 Å². The zero-order valence-corrected chi connectivity index (χ0v) is 12.5. The van der Waals surface area contributed by atoms with Gasteiger partial charge in [-0.05, 0) is 12.8 Å². The van der Waals surface area contributed by atoms with Gasteiger partial charge in [0.25, 0.3) is 0 Å². The molecular weight excluding hydrogens is 280 g/mol. The van der Waals surface area contributed by atoms with E-state index in [1.54, 1.807) is 12.4 Å². The Bertz CT molecular complexity index is 400. The summed E-state index contributed by atoms with van der Waals surface area (Å²) in [7, 11) is 0. The molecule has 0 aliphatic carbocycles. The van der Waals surface area contributed by atoms with Gasteiger partial charge in [0.05, 0.1) is 17.4 Å². The van der Waals surface area contributed by atoms with E-state index in [9.17, 15) is 0 Å². The summed E-state index contributed by atoms with van der Waals surface area (Å²) < 4.78 is 0. The number of thioether (sulfide) groups is 1. The van der Waals surface area contributed by atoms with Crippen molar-refractivity contribution >= 4 is 29.3 Å². The van der Waals surface area contributed by atoms with E-state index in [0.717, 1.165) is 25.1 Å². The molecule has 0 atom stereocenters. The molecule has 2 aliphatic rings. The molecule has 0 spiro atoms. The first kappa shape index (κ1) is 13.5. The van der Waals surface area contributed by atoms with Gasteiger partial charge in [-0.15, -0.1) is 0 Å². The Morgan fingerprint density at radius 3 is 2.32 bits per heavy atom. The summed E-state index contributed by atoms with van der Waals surface area (Å²) in [5.41, 5.74) is 0. The van der Waals surface area contributed by atoms with E-state index in [-0.39, 0.29) is 0 Å². The molecule has 3 heterocycles. The van der Waals surface area contributed by atoms with Crippen molar-refractivity contribution in [2.45, 2.75) is 18.9 Å². The number of hydrogen-bond acceptors (Lipinski definition) is 5. The fourth-order valence-corrected chi connectivity index (χ4v) is 3.87. The number of hydrogen-bond donors (Lipinski definition) is 0. The molecule has 4 nitrogen and oxygen atoms in total. The third-order valence-corrected chi connectivity index (χ3v) is 5.05. The molecule has 0 aromatic carbocycles. The first-order valence-corrected chi connectivity index (χ1v) is 8.40. The van der Waals surface area contributed by atoms with Crippen LogP contribution in [0.25, 0.3) is 0 Å². The highest BCUT2D eigenvalue weighted by Gasteiger charge is 2.26. The minimum absolute atomic E-state index is 0.601. The van der Waals surface area contributed by atoms with E-state index in [0.29, 0.717) is 5.02 Å². The number of rotatable bonds is 2. The molecular formula is C13H19ClN4S. The second kappa shape index (κ2) is 6.29. The van der Waals surface area contributed by atoms with Gasteiger partial charge in [-0.2, -0.15) is 11.8 Å². The van der Waals surface area contributed by atoms with Crippen LogP contribution in [0, 0.1) is 0 Å². The summed E-state index contributed by atoms with van der Waals surface area (Å²) in [6, 6.07) is 0.754. The monoisotopic (exact) mass is 298 g/mol. The van der Waals surface area contributed by atoms with Crippen LogP contribution in [0.1, 0.15) is 12.8 Å². The molecule has 1 aromatic heterocycles. The van der Waals surface area contributed by atoms with Crippen LogP contribution in [0.2, 0.25) is 5.02 Å². The van der Waals surface area contributed by atoms with Gasteiger partial charge in [0, 0.05) is 43.7 Å². The Kier molecular flexibility index (Phi) is 4.45. The van der Waals surface area contributed by atoms with E-state index in [1.807, 2.05) is 0 Å². The van der Waals surface area contributed by atoms with Gasteiger partial charge in [-0.3, -0.25) is 4.90 Å². The van der Waals surface area contributed by atoms with Gasteiger partial charge in [0.1, 0.15) is 0 Å². The summed E-state index contributed by atoms with van der Waals surface area (Å²) >= 11 is 7.90. The Hall–Kier alpha value is -0.520. The molecule has 0 N–H and O–H groups in total. The van der Waals surface area contributed by atoms with E-state index in [1.165, 1.54) is 37.4 Å². The van der Waals surface area contributed by atoms with Gasteiger partial charge < -0.3 is 4.90 Å². The normalized spacial score (nSPS) is 22.7. The van der Waals surface area contributed by atoms with Crippen molar-refractivity contribution in [2.75, 3.05) is 42.6 Å². The van der Waals surface area contributed by atoms with Gasteiger partial charge in [0.15, 0.2) is 0 Å². The summed E-state index contributed by atoms with van der Waals surface area (Å²) in [5, 5.41) is 0.601. The third kappa shape index (κ3) is 3.33. The van der Waals surface area contributed by atoms with E-state index in [4.69, 9.17) is 11.6 Å². The maximum Gasteiger partial charge on any atom is 0.225 e. The summed E-state index contributed by atoms with van der Waals surface area (Å²) in [6.07, 6.45) is 5.79. The van der Waals surface area contributed by atoms with Gasteiger partial charge in [-0.1, -0.05) is 11.6 Å². The highest BCUT2D eigenvalue weighted by atomic mass is 35.5. The third-order valence-electron chi connectivity index (χ3n) is 3.92. The summed E-state index contributed by atoms with van der Waals surface area (Å²) in [6.45, 7) is 4.62. The lowest BCUT2D eigenvalue weighted by molar-refractivity contribution is 0.185. The fraction of sp³-hybridized carbons (Fsp3) is 0.692. The molecule has 6 heteroatoms. The minimum Gasteiger partial charge on any atom is -0.341 e.